The number of hydrogen-bond acceptors (Lipinski definition) is 4. The van der Waals surface area contributed by atoms with Crippen molar-refractivity contribution < 1.29 is 12.8 Å². The summed E-state index contributed by atoms with van der Waals surface area (Å²) in [4.78, 5) is 6.75. The monoisotopic (exact) mass is 426 g/mol. The molecule has 1 saturated heterocycles. The average molecular weight is 427 g/mol. The van der Waals surface area contributed by atoms with Gasteiger partial charge in [-0.2, -0.15) is 0 Å². The van der Waals surface area contributed by atoms with E-state index in [2.05, 4.69) is 27.4 Å². The van der Waals surface area contributed by atoms with Gasteiger partial charge in [0, 0.05) is 32.9 Å². The molecule has 1 atom stereocenters. The first-order valence-electron chi connectivity index (χ1n) is 10.4. The quantitative estimate of drug-likeness (QED) is 0.361. The van der Waals surface area contributed by atoms with Crippen LogP contribution in [0.2, 0.25) is 0 Å². The van der Waals surface area contributed by atoms with Crippen molar-refractivity contribution in [2.75, 3.05) is 39.5 Å². The van der Waals surface area contributed by atoms with Crippen molar-refractivity contribution in [3.05, 3.63) is 35.1 Å². The van der Waals surface area contributed by atoms with E-state index in [1.54, 1.807) is 7.05 Å². The van der Waals surface area contributed by atoms with Crippen molar-refractivity contribution >= 4 is 15.8 Å². The van der Waals surface area contributed by atoms with Crippen LogP contribution in [-0.4, -0.2) is 58.8 Å². The Morgan fingerprint density at radius 3 is 2.76 bits per heavy atom. The summed E-state index contributed by atoms with van der Waals surface area (Å²) in [5, 5.41) is 6.43. The van der Waals surface area contributed by atoms with Crippen molar-refractivity contribution in [3.8, 4) is 0 Å². The molecule has 2 rings (SSSR count). The first-order chi connectivity index (χ1) is 13.8. The summed E-state index contributed by atoms with van der Waals surface area (Å²) < 4.78 is 36.9. The van der Waals surface area contributed by atoms with E-state index >= 15 is 0 Å². The van der Waals surface area contributed by atoms with Gasteiger partial charge in [-0.1, -0.05) is 13.0 Å². The Balaban J connectivity index is 1.75. The van der Waals surface area contributed by atoms with E-state index in [9.17, 15) is 12.8 Å². The number of rotatable bonds is 9. The normalized spacial score (nSPS) is 18.6. The number of halogens is 1. The fourth-order valence-corrected chi connectivity index (χ4v) is 4.59. The van der Waals surface area contributed by atoms with Crippen LogP contribution in [0.4, 0.5) is 4.39 Å². The van der Waals surface area contributed by atoms with Crippen LogP contribution in [0, 0.1) is 11.7 Å². The highest BCUT2D eigenvalue weighted by Crippen LogP contribution is 2.16. The van der Waals surface area contributed by atoms with E-state index in [-0.39, 0.29) is 11.6 Å². The van der Waals surface area contributed by atoms with Crippen molar-refractivity contribution in [1.82, 2.24) is 15.5 Å². The molecule has 0 radical (unpaired) electrons. The third kappa shape index (κ3) is 9.12. The number of unbranched alkanes of at least 4 members (excludes halogenated alkanes) is 1. The maximum atomic E-state index is 13.6. The standard InChI is InChI=1S/C21H35FN4O2S/c1-17-7-6-12-26(15-17)11-5-4-10-24-21(23-2)25-14-19-13-20(22)9-8-18(19)16-29(3,27)28/h8-9,13,17H,4-7,10-12,14-16H2,1-3H3,(H2,23,24,25). The molecule has 1 aliphatic rings. The third-order valence-corrected chi connectivity index (χ3v) is 6.03. The molecule has 0 spiro atoms. The van der Waals surface area contributed by atoms with Gasteiger partial charge in [0.15, 0.2) is 15.8 Å². The van der Waals surface area contributed by atoms with E-state index in [1.807, 2.05) is 0 Å². The number of likely N-dealkylation sites (tertiary alicyclic amines) is 1. The number of aliphatic imine (C=N–C) groups is 1. The Bertz CT molecular complexity index is 783. The van der Waals surface area contributed by atoms with Gasteiger partial charge in [0.1, 0.15) is 5.82 Å². The first kappa shape index (κ1) is 23.6. The fourth-order valence-electron chi connectivity index (χ4n) is 3.74. The highest BCUT2D eigenvalue weighted by Gasteiger charge is 2.15. The van der Waals surface area contributed by atoms with Gasteiger partial charge in [-0.3, -0.25) is 4.99 Å². The average Bonchev–Trinajstić information content (AvgIpc) is 2.65. The molecule has 164 valence electrons. The minimum absolute atomic E-state index is 0.106. The van der Waals surface area contributed by atoms with Gasteiger partial charge in [-0.05, 0) is 68.0 Å². The van der Waals surface area contributed by atoms with E-state index in [0.29, 0.717) is 23.6 Å². The summed E-state index contributed by atoms with van der Waals surface area (Å²) in [5.74, 6) is 0.950. The molecule has 1 aromatic carbocycles. The second-order valence-electron chi connectivity index (χ2n) is 8.09. The third-order valence-electron chi connectivity index (χ3n) is 5.19. The van der Waals surface area contributed by atoms with Gasteiger partial charge >= 0.3 is 0 Å². The molecular formula is C21H35FN4O2S. The van der Waals surface area contributed by atoms with E-state index in [0.717, 1.165) is 31.8 Å². The molecule has 0 aromatic heterocycles. The van der Waals surface area contributed by atoms with Crippen molar-refractivity contribution in [2.24, 2.45) is 10.9 Å². The minimum atomic E-state index is -3.19. The molecule has 6 nitrogen and oxygen atoms in total. The largest absolute Gasteiger partial charge is 0.356 e. The molecule has 1 aromatic rings. The zero-order valence-corrected chi connectivity index (χ0v) is 18.7. The molecule has 8 heteroatoms. The summed E-state index contributed by atoms with van der Waals surface area (Å²) in [5.41, 5.74) is 1.23. The highest BCUT2D eigenvalue weighted by molar-refractivity contribution is 7.89. The van der Waals surface area contributed by atoms with Gasteiger partial charge < -0.3 is 15.5 Å². The maximum Gasteiger partial charge on any atom is 0.191 e. The minimum Gasteiger partial charge on any atom is -0.356 e. The van der Waals surface area contributed by atoms with Crippen molar-refractivity contribution in [2.45, 2.75) is 44.9 Å². The van der Waals surface area contributed by atoms with Crippen LogP contribution < -0.4 is 10.6 Å². The van der Waals surface area contributed by atoms with Crippen LogP contribution >= 0.6 is 0 Å². The smallest absolute Gasteiger partial charge is 0.191 e. The number of piperidine rings is 1. The number of sulfone groups is 1. The predicted molar refractivity (Wildman–Crippen MR) is 117 cm³/mol. The lowest BCUT2D eigenvalue weighted by molar-refractivity contribution is 0.181. The van der Waals surface area contributed by atoms with Gasteiger partial charge in [0.2, 0.25) is 0 Å². The summed E-state index contributed by atoms with van der Waals surface area (Å²) in [6.45, 7) is 7.00. The Morgan fingerprint density at radius 2 is 2.07 bits per heavy atom. The molecule has 0 aliphatic carbocycles. The summed E-state index contributed by atoms with van der Waals surface area (Å²) >= 11 is 0. The van der Waals surface area contributed by atoms with E-state index in [4.69, 9.17) is 0 Å². The second kappa shape index (κ2) is 11.5. The maximum absolute atomic E-state index is 13.6. The van der Waals surface area contributed by atoms with E-state index < -0.39 is 9.84 Å². The number of benzene rings is 1. The van der Waals surface area contributed by atoms with Crippen LogP contribution in [0.5, 0.6) is 0 Å². The van der Waals surface area contributed by atoms with Crippen LogP contribution in [0.15, 0.2) is 23.2 Å². The molecule has 0 amide bonds. The predicted octanol–water partition coefficient (Wildman–Crippen LogP) is 2.55. The zero-order valence-electron chi connectivity index (χ0n) is 17.9. The van der Waals surface area contributed by atoms with Crippen molar-refractivity contribution in [3.63, 3.8) is 0 Å². The number of guanidine groups is 1. The van der Waals surface area contributed by atoms with Crippen LogP contribution in [0.25, 0.3) is 0 Å². The van der Waals surface area contributed by atoms with Crippen LogP contribution in [-0.2, 0) is 22.1 Å². The fraction of sp³-hybridized carbons (Fsp3) is 0.667. The number of nitrogens with one attached hydrogen (secondary N) is 2. The second-order valence-corrected chi connectivity index (χ2v) is 10.2. The van der Waals surface area contributed by atoms with Gasteiger partial charge in [0.05, 0.1) is 5.75 Å². The van der Waals surface area contributed by atoms with E-state index in [1.165, 1.54) is 50.4 Å². The Morgan fingerprint density at radius 1 is 1.28 bits per heavy atom. The van der Waals surface area contributed by atoms with Gasteiger partial charge in [0.25, 0.3) is 0 Å². The molecule has 1 unspecified atom stereocenters. The first-order valence-corrected chi connectivity index (χ1v) is 12.4. The number of nitrogens with zero attached hydrogens (tertiary/aromatic N) is 2. The molecule has 0 saturated carbocycles. The molecule has 1 aliphatic heterocycles. The lowest BCUT2D eigenvalue weighted by Crippen LogP contribution is -2.38. The number of hydrogen-bond donors (Lipinski definition) is 2. The molecular weight excluding hydrogens is 391 g/mol. The molecule has 2 N–H and O–H groups in total. The lowest BCUT2D eigenvalue weighted by Gasteiger charge is -2.30. The Labute approximate surface area is 174 Å². The highest BCUT2D eigenvalue weighted by atomic mass is 32.2. The zero-order chi connectivity index (χ0) is 21.3. The molecule has 1 fully saturated rings. The van der Waals surface area contributed by atoms with Crippen LogP contribution in [0.3, 0.4) is 0 Å². The van der Waals surface area contributed by atoms with Crippen molar-refractivity contribution in [1.29, 1.82) is 0 Å². The van der Waals surface area contributed by atoms with Gasteiger partial charge in [-0.15, -0.1) is 0 Å². The Hall–Kier alpha value is -1.67. The van der Waals surface area contributed by atoms with Crippen LogP contribution in [0.1, 0.15) is 43.7 Å². The topological polar surface area (TPSA) is 73.8 Å². The summed E-state index contributed by atoms with van der Waals surface area (Å²) in [6, 6.07) is 4.20. The SMILES string of the molecule is CN=C(NCCCCN1CCCC(C)C1)NCc1cc(F)ccc1CS(C)(=O)=O. The molecule has 1 heterocycles. The molecule has 29 heavy (non-hydrogen) atoms. The summed E-state index contributed by atoms with van der Waals surface area (Å²) in [7, 11) is -1.50. The molecule has 0 bridgehead atoms. The summed E-state index contributed by atoms with van der Waals surface area (Å²) in [6.07, 6.45) is 6.01. The lowest BCUT2D eigenvalue weighted by atomic mass is 10.0. The Kier molecular flexibility index (Phi) is 9.36. The van der Waals surface area contributed by atoms with Gasteiger partial charge in [-0.25, -0.2) is 12.8 Å².